The van der Waals surface area contributed by atoms with Gasteiger partial charge in [0.05, 0.1) is 18.3 Å². The molecular formula is C28H38F2N6O2. The summed E-state index contributed by atoms with van der Waals surface area (Å²) in [7, 11) is 0. The van der Waals surface area contributed by atoms with Gasteiger partial charge < -0.3 is 25.5 Å². The number of carbonyl (C=O) groups excluding carboxylic acids is 1. The maximum atomic E-state index is 13.7. The Morgan fingerprint density at radius 2 is 1.68 bits per heavy atom. The summed E-state index contributed by atoms with van der Waals surface area (Å²) < 4.78 is 27.3. The first-order chi connectivity index (χ1) is 18.0. The topological polar surface area (TPSA) is 93.6 Å². The van der Waals surface area contributed by atoms with Crippen molar-refractivity contribution in [2.75, 3.05) is 53.2 Å². The van der Waals surface area contributed by atoms with Crippen LogP contribution in [0.5, 0.6) is 0 Å². The molecule has 1 saturated carbocycles. The van der Waals surface area contributed by atoms with Gasteiger partial charge in [-0.15, -0.1) is 0 Å². The van der Waals surface area contributed by atoms with Gasteiger partial charge in [-0.1, -0.05) is 0 Å². The monoisotopic (exact) mass is 528 g/mol. The minimum atomic E-state index is -2.63. The molecule has 38 heavy (non-hydrogen) atoms. The smallest absolute Gasteiger partial charge is 0.257 e. The van der Waals surface area contributed by atoms with Gasteiger partial charge in [-0.2, -0.15) is 0 Å². The molecule has 0 radical (unpaired) electrons. The highest BCUT2D eigenvalue weighted by Gasteiger charge is 2.45. The lowest BCUT2D eigenvalue weighted by atomic mass is 9.94. The van der Waals surface area contributed by atoms with Crippen molar-refractivity contribution in [2.45, 2.75) is 70.8 Å². The van der Waals surface area contributed by atoms with Gasteiger partial charge in [0.1, 0.15) is 5.82 Å². The van der Waals surface area contributed by atoms with E-state index in [0.29, 0.717) is 28.4 Å². The molecule has 1 aromatic carbocycles. The van der Waals surface area contributed by atoms with Crippen molar-refractivity contribution in [3.63, 3.8) is 0 Å². The Kier molecular flexibility index (Phi) is 6.96. The number of hydrogen-bond acceptors (Lipinski definition) is 7. The molecule has 1 amide bonds. The van der Waals surface area contributed by atoms with Crippen molar-refractivity contribution in [3.05, 3.63) is 35.5 Å². The largest absolute Gasteiger partial charge is 0.394 e. The summed E-state index contributed by atoms with van der Waals surface area (Å²) in [6.45, 7) is 7.77. The van der Waals surface area contributed by atoms with Crippen LogP contribution < -0.4 is 20.4 Å². The zero-order valence-electron chi connectivity index (χ0n) is 22.5. The molecular weight excluding hydrogens is 490 g/mol. The number of piperidine rings is 2. The Morgan fingerprint density at radius 3 is 2.32 bits per heavy atom. The number of alkyl halides is 2. The summed E-state index contributed by atoms with van der Waals surface area (Å²) in [6, 6.07) is 5.48. The van der Waals surface area contributed by atoms with Crippen LogP contribution in [-0.2, 0) is 0 Å². The average Bonchev–Trinajstić information content (AvgIpc) is 3.63. The van der Waals surface area contributed by atoms with E-state index in [4.69, 9.17) is 4.98 Å². The van der Waals surface area contributed by atoms with Crippen molar-refractivity contribution in [2.24, 2.45) is 5.41 Å². The number of aliphatic hydroxyl groups is 1. The van der Waals surface area contributed by atoms with E-state index < -0.39 is 11.5 Å². The van der Waals surface area contributed by atoms with Gasteiger partial charge >= 0.3 is 0 Å². The van der Waals surface area contributed by atoms with E-state index in [2.05, 4.69) is 20.5 Å². The molecule has 2 aromatic rings. The average molecular weight is 529 g/mol. The number of benzene rings is 1. The minimum absolute atomic E-state index is 0.0704. The molecule has 0 atom stereocenters. The Labute approximate surface area is 222 Å². The maximum Gasteiger partial charge on any atom is 0.257 e. The summed E-state index contributed by atoms with van der Waals surface area (Å²) in [5.41, 5.74) is 2.01. The summed E-state index contributed by atoms with van der Waals surface area (Å²) >= 11 is 0. The highest BCUT2D eigenvalue weighted by Crippen LogP contribution is 2.54. The quantitative estimate of drug-likeness (QED) is 0.474. The van der Waals surface area contributed by atoms with Crippen molar-refractivity contribution in [1.29, 1.82) is 0 Å². The van der Waals surface area contributed by atoms with Crippen molar-refractivity contribution < 1.29 is 18.7 Å². The van der Waals surface area contributed by atoms with Gasteiger partial charge in [-0.05, 0) is 75.6 Å². The molecule has 3 fully saturated rings. The number of nitrogens with zero attached hydrogens (tertiary/aromatic N) is 4. The summed E-state index contributed by atoms with van der Waals surface area (Å²) in [4.78, 5) is 26.9. The number of rotatable bonds is 7. The molecule has 10 heteroatoms. The highest BCUT2D eigenvalue weighted by atomic mass is 19.3. The number of amides is 1. The number of aryl methyl sites for hydroxylation is 1. The van der Waals surface area contributed by atoms with Gasteiger partial charge in [0.25, 0.3) is 11.8 Å². The molecule has 1 aromatic heterocycles. The third-order valence-corrected chi connectivity index (χ3v) is 8.11. The fourth-order valence-corrected chi connectivity index (χ4v) is 5.35. The minimum Gasteiger partial charge on any atom is -0.394 e. The lowest BCUT2D eigenvalue weighted by Gasteiger charge is -2.34. The van der Waals surface area contributed by atoms with E-state index >= 15 is 0 Å². The number of hydrogen-bond donors (Lipinski definition) is 3. The van der Waals surface area contributed by atoms with Crippen LogP contribution in [0, 0.1) is 12.3 Å². The Morgan fingerprint density at radius 1 is 1.03 bits per heavy atom. The van der Waals surface area contributed by atoms with Crippen molar-refractivity contribution in [1.82, 2.24) is 9.97 Å². The fourth-order valence-electron chi connectivity index (χ4n) is 5.35. The Bertz CT molecular complexity index is 1180. The second kappa shape index (κ2) is 9.94. The van der Waals surface area contributed by atoms with Crippen LogP contribution in [0.15, 0.2) is 24.4 Å². The number of anilines is 4. The molecule has 3 N–H and O–H groups in total. The first kappa shape index (κ1) is 26.6. The summed E-state index contributed by atoms with van der Waals surface area (Å²) in [5, 5.41) is 15.9. The van der Waals surface area contributed by atoms with Gasteiger partial charge in [0.2, 0.25) is 0 Å². The van der Waals surface area contributed by atoms with Crippen LogP contribution in [-0.4, -0.2) is 65.2 Å². The van der Waals surface area contributed by atoms with Gasteiger partial charge in [0.15, 0.2) is 11.6 Å². The SMILES string of the molecule is Cc1cc(C(=O)Nc2ncc(NC(C)(C)CO)nc2N2CCC3(CC2)CC3)cc(N2CCC(F)(F)CC2)c1. The standard InChI is InChI=1S/C28H38F2N6O2/c1-19-14-20(16-21(15-19)35-12-8-28(29,30)9-13-35)25(38)33-23-24(36-10-6-27(4-5-27)7-11-36)32-22(17-31-23)34-26(2,3)18-37/h14-17,37H,4-13,18H2,1-3H3,(H,32,34)(H,31,33,38). The van der Waals surface area contributed by atoms with Crippen LogP contribution in [0.4, 0.5) is 31.9 Å². The number of aromatic nitrogens is 2. The lowest BCUT2D eigenvalue weighted by molar-refractivity contribution is -0.0220. The molecule has 1 spiro atoms. The number of nitrogens with one attached hydrogen (secondary N) is 2. The second-order valence-electron chi connectivity index (χ2n) is 11.9. The van der Waals surface area contributed by atoms with E-state index in [1.54, 1.807) is 18.3 Å². The molecule has 1 aliphatic carbocycles. The van der Waals surface area contributed by atoms with E-state index in [9.17, 15) is 18.7 Å². The molecule has 5 rings (SSSR count). The van der Waals surface area contributed by atoms with Crippen molar-refractivity contribution >= 4 is 29.0 Å². The predicted octanol–water partition coefficient (Wildman–Crippen LogP) is 4.84. The molecule has 3 heterocycles. The highest BCUT2D eigenvalue weighted by molar-refractivity contribution is 6.05. The van der Waals surface area contributed by atoms with Crippen LogP contribution in [0.1, 0.15) is 68.3 Å². The third kappa shape index (κ3) is 6.00. The van der Waals surface area contributed by atoms with Crippen LogP contribution >= 0.6 is 0 Å². The molecule has 2 saturated heterocycles. The lowest BCUT2D eigenvalue weighted by Crippen LogP contribution is -2.39. The molecule has 0 bridgehead atoms. The molecule has 3 aliphatic rings. The molecule has 2 aliphatic heterocycles. The van der Waals surface area contributed by atoms with E-state index in [1.807, 2.05) is 31.7 Å². The Balaban J connectivity index is 1.38. The molecule has 8 nitrogen and oxygen atoms in total. The van der Waals surface area contributed by atoms with Crippen molar-refractivity contribution in [3.8, 4) is 0 Å². The van der Waals surface area contributed by atoms with Gasteiger partial charge in [0, 0.05) is 50.3 Å². The summed E-state index contributed by atoms with van der Waals surface area (Å²) in [6.07, 6.45) is 5.95. The number of halogens is 2. The number of aliphatic hydroxyl groups excluding tert-OH is 1. The third-order valence-electron chi connectivity index (χ3n) is 8.11. The van der Waals surface area contributed by atoms with E-state index in [-0.39, 0.29) is 38.4 Å². The maximum absolute atomic E-state index is 13.7. The van der Waals surface area contributed by atoms with E-state index in [1.165, 1.54) is 12.8 Å². The van der Waals surface area contributed by atoms with Gasteiger partial charge in [-0.3, -0.25) is 4.79 Å². The molecule has 0 unspecified atom stereocenters. The first-order valence-electron chi connectivity index (χ1n) is 13.5. The number of carbonyl (C=O) groups is 1. The normalized spacial score (nSPS) is 20.4. The predicted molar refractivity (Wildman–Crippen MR) is 145 cm³/mol. The van der Waals surface area contributed by atoms with E-state index in [0.717, 1.165) is 37.2 Å². The zero-order chi connectivity index (χ0) is 27.1. The Hall–Kier alpha value is -3.01. The first-order valence-corrected chi connectivity index (χ1v) is 13.5. The van der Waals surface area contributed by atoms with Crippen LogP contribution in [0.3, 0.4) is 0 Å². The summed E-state index contributed by atoms with van der Waals surface area (Å²) in [5.74, 6) is -1.42. The molecule has 206 valence electrons. The van der Waals surface area contributed by atoms with Crippen LogP contribution in [0.2, 0.25) is 0 Å². The van der Waals surface area contributed by atoms with Crippen LogP contribution in [0.25, 0.3) is 0 Å². The fraction of sp³-hybridized carbons (Fsp3) is 0.607. The second-order valence-corrected chi connectivity index (χ2v) is 11.9. The zero-order valence-corrected chi connectivity index (χ0v) is 22.5. The van der Waals surface area contributed by atoms with Gasteiger partial charge in [-0.25, -0.2) is 18.7 Å².